The maximum Gasteiger partial charge on any atom is 0.252 e. The molecule has 4 aliphatic heterocycles. The van der Waals surface area contributed by atoms with E-state index < -0.39 is 0 Å². The first kappa shape index (κ1) is 65.7. The van der Waals surface area contributed by atoms with Crippen molar-refractivity contribution in [3.05, 3.63) is 425 Å². The Hall–Kier alpha value is -15.0. The summed E-state index contributed by atoms with van der Waals surface area (Å²) in [5.41, 5.74) is 36.0. The molecule has 0 atom stereocenters. The van der Waals surface area contributed by atoms with Gasteiger partial charge in [0.25, 0.3) is 13.4 Å². The van der Waals surface area contributed by atoms with Crippen LogP contribution in [0.5, 0.6) is 0 Å². The molecule has 0 radical (unpaired) electrons. The predicted molar refractivity (Wildman–Crippen MR) is 495 cm³/mol. The Labute approximate surface area is 674 Å². The smallest absolute Gasteiger partial charge is 0.252 e. The van der Waals surface area contributed by atoms with E-state index >= 15 is 0 Å². The van der Waals surface area contributed by atoms with Gasteiger partial charge >= 0.3 is 0 Å². The Morgan fingerprint density at radius 3 is 0.974 bits per heavy atom. The van der Waals surface area contributed by atoms with Gasteiger partial charge in [-0.05, 0) is 275 Å². The summed E-state index contributed by atoms with van der Waals surface area (Å²) in [6.07, 6.45) is 0. The summed E-state index contributed by atoms with van der Waals surface area (Å²) >= 11 is 0. The van der Waals surface area contributed by atoms with Crippen LogP contribution in [-0.2, 0) is 0 Å². The average Bonchev–Trinajstić information content (AvgIpc) is 0.702. The number of hydrogen-bond donors (Lipinski definition) is 0. The molecule has 0 amide bonds. The Morgan fingerprint density at radius 1 is 0.147 bits per heavy atom. The van der Waals surface area contributed by atoms with Crippen LogP contribution >= 0.6 is 0 Å². The second-order valence-electron chi connectivity index (χ2n) is 31.4. The van der Waals surface area contributed by atoms with Gasteiger partial charge < -0.3 is 19.6 Å². The zero-order valence-electron chi connectivity index (χ0n) is 63.4. The predicted octanol–water partition coefficient (Wildman–Crippen LogP) is 25.6. The lowest BCUT2D eigenvalue weighted by molar-refractivity contribution is 1.25. The topological polar surface area (TPSA) is 13.0 Å². The second kappa shape index (κ2) is 26.3. The van der Waals surface area contributed by atoms with Gasteiger partial charge in [-0.15, -0.1) is 0 Å². The molecule has 24 rings (SSSR count). The third-order valence-corrected chi connectivity index (χ3v) is 25.1. The van der Waals surface area contributed by atoms with Gasteiger partial charge in [0.2, 0.25) is 0 Å². The molecule has 0 N–H and O–H groups in total. The number of fused-ring (bicyclic) bond motifs is 13. The Morgan fingerprint density at radius 2 is 0.466 bits per heavy atom. The minimum atomic E-state index is -0.126. The number of anilines is 12. The van der Waals surface area contributed by atoms with Crippen LogP contribution in [0.2, 0.25) is 0 Å². The molecule has 4 nitrogen and oxygen atoms in total. The van der Waals surface area contributed by atoms with Crippen molar-refractivity contribution in [3.8, 4) is 66.8 Å². The molecule has 0 aliphatic carbocycles. The van der Waals surface area contributed by atoms with Crippen LogP contribution in [0.25, 0.3) is 121 Å². The largest absolute Gasteiger partial charge is 0.311 e. The highest BCUT2D eigenvalue weighted by Gasteiger charge is 2.45. The van der Waals surface area contributed by atoms with Crippen LogP contribution in [0.4, 0.5) is 68.2 Å². The molecule has 20 aromatic carbocycles. The van der Waals surface area contributed by atoms with E-state index in [2.05, 4.69) is 444 Å². The van der Waals surface area contributed by atoms with Crippen molar-refractivity contribution in [1.82, 2.24) is 0 Å². The monoisotopic (exact) mass is 1470 g/mol. The fourth-order valence-electron chi connectivity index (χ4n) is 20.0. The first-order chi connectivity index (χ1) is 57.5. The van der Waals surface area contributed by atoms with Gasteiger partial charge in [0, 0.05) is 68.2 Å². The highest BCUT2D eigenvalue weighted by Crippen LogP contribution is 2.50. The van der Waals surface area contributed by atoms with E-state index in [4.69, 9.17) is 0 Å². The zero-order valence-corrected chi connectivity index (χ0v) is 63.4. The van der Waals surface area contributed by atoms with E-state index in [1.807, 2.05) is 0 Å². The molecule has 0 fully saturated rings. The van der Waals surface area contributed by atoms with E-state index in [0.717, 1.165) is 39.7 Å². The Balaban J connectivity index is 0.604. The molecule has 6 heteroatoms. The molecule has 0 bridgehead atoms. The molecule has 536 valence electrons. The third-order valence-electron chi connectivity index (χ3n) is 25.1. The molecule has 0 unspecified atom stereocenters. The zero-order chi connectivity index (χ0) is 76.1. The van der Waals surface area contributed by atoms with Crippen molar-refractivity contribution < 1.29 is 0 Å². The van der Waals surface area contributed by atoms with Crippen LogP contribution in [0.15, 0.2) is 425 Å². The Kier molecular flexibility index (Phi) is 14.9. The third kappa shape index (κ3) is 10.4. The normalized spacial score (nSPS) is 12.9. The average molecular weight is 1470 g/mol. The molecular weight excluding hydrogens is 1400 g/mol. The fraction of sp³-hybridized carbons (Fsp3) is 0. The molecular formula is C110H70B2N4. The van der Waals surface area contributed by atoms with Crippen molar-refractivity contribution in [1.29, 1.82) is 0 Å². The fourth-order valence-corrected chi connectivity index (χ4v) is 20.0. The van der Waals surface area contributed by atoms with Crippen LogP contribution < -0.4 is 52.4 Å². The molecule has 0 spiro atoms. The minimum absolute atomic E-state index is 0.0831. The summed E-state index contributed by atoms with van der Waals surface area (Å²) in [5.74, 6) is 0. The minimum Gasteiger partial charge on any atom is -0.311 e. The lowest BCUT2D eigenvalue weighted by atomic mass is 9.33. The standard InChI is InChI=1S/C110H70B2N4/c1-2-30-85(31-3-1)113-101-42-14-12-40-97(101)111-98-41-13-15-43-102(98)116(108-47-21-44-105(113)109(108)111)88-32-16-29-76(67-88)77-48-49-79-65-80(51-50-78(79)64-77)84-66-81-25-7-11-36-95(81)96(68-84)75-54-60-87(61-55-75)115-104-63-57-83(94-39-19-28-73-24-6-10-35-91(73)94)70-100(104)112-99-69-82(93-38-18-27-72-23-5-9-34-90(72)93)56-62-103(99)114(106-45-20-46-107(115)110(106)112)86-58-52-74(53-59-86)92-37-17-26-71-22-4-8-33-89(71)92/h1-70H. The van der Waals surface area contributed by atoms with Crippen molar-refractivity contribution in [2.75, 3.05) is 19.6 Å². The first-order valence-corrected chi connectivity index (χ1v) is 40.3. The van der Waals surface area contributed by atoms with Crippen LogP contribution in [-0.4, -0.2) is 13.4 Å². The van der Waals surface area contributed by atoms with E-state index in [1.165, 1.54) is 182 Å². The van der Waals surface area contributed by atoms with Gasteiger partial charge in [0.15, 0.2) is 0 Å². The molecule has 20 aromatic rings. The van der Waals surface area contributed by atoms with Gasteiger partial charge in [-0.3, -0.25) is 0 Å². The summed E-state index contributed by atoms with van der Waals surface area (Å²) in [4.78, 5) is 10.0. The van der Waals surface area contributed by atoms with Gasteiger partial charge in [-0.25, -0.2) is 0 Å². The molecule has 0 saturated carbocycles. The molecule has 0 saturated heterocycles. The lowest BCUT2D eigenvalue weighted by Gasteiger charge is -2.44. The van der Waals surface area contributed by atoms with Crippen molar-refractivity contribution in [3.63, 3.8) is 0 Å². The van der Waals surface area contributed by atoms with E-state index in [1.54, 1.807) is 0 Å². The second-order valence-corrected chi connectivity index (χ2v) is 31.4. The molecule has 4 heterocycles. The number of hydrogen-bond acceptors (Lipinski definition) is 4. The van der Waals surface area contributed by atoms with Crippen molar-refractivity contribution in [2.24, 2.45) is 0 Å². The Bertz CT molecular complexity index is 7440. The quantitative estimate of drug-likeness (QED) is 0.127. The van der Waals surface area contributed by atoms with Crippen LogP contribution in [0, 0.1) is 0 Å². The first-order valence-electron chi connectivity index (χ1n) is 40.3. The molecule has 116 heavy (non-hydrogen) atoms. The summed E-state index contributed by atoms with van der Waals surface area (Å²) < 4.78 is 0. The number of benzene rings is 20. The highest BCUT2D eigenvalue weighted by molar-refractivity contribution is 7.01. The van der Waals surface area contributed by atoms with Gasteiger partial charge in [-0.2, -0.15) is 0 Å². The van der Waals surface area contributed by atoms with Crippen molar-refractivity contribution in [2.45, 2.75) is 0 Å². The molecule has 4 aliphatic rings. The maximum atomic E-state index is 2.55. The van der Waals surface area contributed by atoms with Gasteiger partial charge in [0.1, 0.15) is 0 Å². The summed E-state index contributed by atoms with van der Waals surface area (Å²) in [6.45, 7) is -0.0433. The maximum absolute atomic E-state index is 2.55. The summed E-state index contributed by atoms with van der Waals surface area (Å²) in [6, 6.07) is 159. The summed E-state index contributed by atoms with van der Waals surface area (Å²) in [7, 11) is 0. The number of nitrogens with zero attached hydrogens (tertiary/aromatic N) is 4. The SMILES string of the molecule is c1ccc(N2c3ccccc3B3c4ccccc4N(c4cccc(-c5ccc6cc(-c7cc(-c8ccc(N9c%10ccc(-c%11cccc%12ccccc%11%12)cc%10B%10c%11cc(-c%12cccc%13ccccc%12%13)ccc%11N(c%11ccc(-c%12cccc%13ccccc%12%13)cc%11)c%11cccc9c%11%10)cc8)c8ccccc8c7)ccc6c5)c4)c4cccc2c43)cc1. The van der Waals surface area contributed by atoms with Crippen LogP contribution in [0.1, 0.15) is 0 Å². The van der Waals surface area contributed by atoms with E-state index in [-0.39, 0.29) is 13.4 Å². The number of para-hydroxylation sites is 3. The van der Waals surface area contributed by atoms with E-state index in [0.29, 0.717) is 0 Å². The van der Waals surface area contributed by atoms with E-state index in [9.17, 15) is 0 Å². The van der Waals surface area contributed by atoms with Gasteiger partial charge in [0.05, 0.1) is 0 Å². The summed E-state index contributed by atoms with van der Waals surface area (Å²) in [5, 5.41) is 12.2. The van der Waals surface area contributed by atoms with Crippen molar-refractivity contribution >= 4 is 168 Å². The highest BCUT2D eigenvalue weighted by atomic mass is 15.2. The lowest BCUT2D eigenvalue weighted by Crippen LogP contribution is -2.61. The van der Waals surface area contributed by atoms with Crippen LogP contribution in [0.3, 0.4) is 0 Å². The van der Waals surface area contributed by atoms with Gasteiger partial charge in [-0.1, -0.05) is 303 Å². The molecule has 0 aromatic heterocycles. The number of rotatable bonds is 10.